The maximum atomic E-state index is 12.7. The Balaban J connectivity index is 2.11. The fourth-order valence-corrected chi connectivity index (χ4v) is 4.07. The van der Waals surface area contributed by atoms with Gasteiger partial charge in [0, 0.05) is 25.2 Å². The SMILES string of the molecule is COC(=O)N1CCC(NS(=O)(=O)c2cc(OC)ccc2OC)CC1. The molecule has 0 radical (unpaired) electrons. The zero-order valence-electron chi connectivity index (χ0n) is 13.9. The number of nitrogens with zero attached hydrogens (tertiary/aromatic N) is 1. The summed E-state index contributed by atoms with van der Waals surface area (Å²) in [5.74, 6) is 0.673. The lowest BCUT2D eigenvalue weighted by Gasteiger charge is -2.31. The zero-order valence-corrected chi connectivity index (χ0v) is 14.8. The third-order valence-corrected chi connectivity index (χ3v) is 5.45. The molecule has 0 bridgehead atoms. The van der Waals surface area contributed by atoms with Crippen molar-refractivity contribution in [2.75, 3.05) is 34.4 Å². The van der Waals surface area contributed by atoms with Crippen LogP contribution in [0.3, 0.4) is 0 Å². The number of hydrogen-bond acceptors (Lipinski definition) is 6. The van der Waals surface area contributed by atoms with E-state index in [1.54, 1.807) is 17.0 Å². The van der Waals surface area contributed by atoms with Gasteiger partial charge in [0.15, 0.2) is 0 Å². The summed E-state index contributed by atoms with van der Waals surface area (Å²) in [4.78, 5) is 13.0. The molecule has 1 heterocycles. The number of nitrogens with one attached hydrogen (secondary N) is 1. The number of amides is 1. The van der Waals surface area contributed by atoms with Crippen molar-refractivity contribution in [2.24, 2.45) is 0 Å². The molecule has 0 unspecified atom stereocenters. The summed E-state index contributed by atoms with van der Waals surface area (Å²) in [6.45, 7) is 0.879. The lowest BCUT2D eigenvalue weighted by atomic mass is 10.1. The van der Waals surface area contributed by atoms with Crippen LogP contribution in [-0.2, 0) is 14.8 Å². The van der Waals surface area contributed by atoms with Crippen LogP contribution in [0.4, 0.5) is 4.79 Å². The highest BCUT2D eigenvalue weighted by molar-refractivity contribution is 7.89. The average Bonchev–Trinajstić information content (AvgIpc) is 2.60. The minimum atomic E-state index is -3.77. The predicted octanol–water partition coefficient (Wildman–Crippen LogP) is 1.21. The molecule has 1 N–H and O–H groups in total. The first-order valence-corrected chi connectivity index (χ1v) is 8.97. The molecule has 0 spiro atoms. The Bertz CT molecular complexity index is 683. The van der Waals surface area contributed by atoms with E-state index in [0.29, 0.717) is 31.7 Å². The highest BCUT2D eigenvalue weighted by Crippen LogP contribution is 2.28. The molecule has 134 valence electrons. The quantitative estimate of drug-likeness (QED) is 0.850. The van der Waals surface area contributed by atoms with Gasteiger partial charge in [-0.3, -0.25) is 0 Å². The number of ether oxygens (including phenoxy) is 3. The first-order valence-electron chi connectivity index (χ1n) is 7.48. The second kappa shape index (κ2) is 7.71. The van der Waals surface area contributed by atoms with Crippen LogP contribution in [0.2, 0.25) is 0 Å². The van der Waals surface area contributed by atoms with Gasteiger partial charge in [-0.05, 0) is 25.0 Å². The van der Waals surface area contributed by atoms with E-state index in [1.807, 2.05) is 0 Å². The van der Waals surface area contributed by atoms with Gasteiger partial charge in [-0.25, -0.2) is 17.9 Å². The molecule has 1 aromatic carbocycles. The van der Waals surface area contributed by atoms with E-state index < -0.39 is 16.1 Å². The Kier molecular flexibility index (Phi) is 5.89. The number of piperidine rings is 1. The van der Waals surface area contributed by atoms with Gasteiger partial charge >= 0.3 is 6.09 Å². The molecular formula is C15H22N2O6S. The lowest BCUT2D eigenvalue weighted by molar-refractivity contribution is 0.111. The highest BCUT2D eigenvalue weighted by Gasteiger charge is 2.28. The summed E-state index contributed by atoms with van der Waals surface area (Å²) >= 11 is 0. The molecule has 0 aromatic heterocycles. The molecule has 9 heteroatoms. The minimum absolute atomic E-state index is 0.0275. The minimum Gasteiger partial charge on any atom is -0.497 e. The Labute approximate surface area is 141 Å². The van der Waals surface area contributed by atoms with Crippen LogP contribution in [0.15, 0.2) is 23.1 Å². The molecule has 2 rings (SSSR count). The van der Waals surface area contributed by atoms with Crippen LogP contribution in [0.1, 0.15) is 12.8 Å². The lowest BCUT2D eigenvalue weighted by Crippen LogP contribution is -2.46. The van der Waals surface area contributed by atoms with Crippen molar-refractivity contribution in [3.05, 3.63) is 18.2 Å². The topological polar surface area (TPSA) is 94.2 Å². The maximum absolute atomic E-state index is 12.7. The van der Waals surface area contributed by atoms with Gasteiger partial charge < -0.3 is 19.1 Å². The number of methoxy groups -OCH3 is 3. The largest absolute Gasteiger partial charge is 0.497 e. The van der Waals surface area contributed by atoms with E-state index in [1.165, 1.54) is 27.4 Å². The standard InChI is InChI=1S/C15H22N2O6S/c1-21-12-4-5-13(22-2)14(10-12)24(19,20)16-11-6-8-17(9-7-11)15(18)23-3/h4-5,10-11,16H,6-9H2,1-3H3. The Morgan fingerprint density at radius 1 is 1.17 bits per heavy atom. The van der Waals surface area contributed by atoms with Crippen molar-refractivity contribution in [3.8, 4) is 11.5 Å². The summed E-state index contributed by atoms with van der Waals surface area (Å²) in [7, 11) is 0.436. The van der Waals surface area contributed by atoms with E-state index in [4.69, 9.17) is 9.47 Å². The third-order valence-electron chi connectivity index (χ3n) is 3.91. The number of benzene rings is 1. The van der Waals surface area contributed by atoms with Crippen LogP contribution in [0.5, 0.6) is 11.5 Å². The number of carbonyl (C=O) groups excluding carboxylic acids is 1. The van der Waals surface area contributed by atoms with Gasteiger partial charge in [-0.15, -0.1) is 0 Å². The molecule has 0 aliphatic carbocycles. The van der Waals surface area contributed by atoms with Gasteiger partial charge in [0.25, 0.3) is 0 Å². The molecule has 24 heavy (non-hydrogen) atoms. The van der Waals surface area contributed by atoms with Crippen molar-refractivity contribution in [1.82, 2.24) is 9.62 Å². The number of likely N-dealkylation sites (tertiary alicyclic amines) is 1. The van der Waals surface area contributed by atoms with E-state index in [2.05, 4.69) is 9.46 Å². The van der Waals surface area contributed by atoms with Crippen molar-refractivity contribution < 1.29 is 27.4 Å². The molecule has 1 fully saturated rings. The molecule has 8 nitrogen and oxygen atoms in total. The van der Waals surface area contributed by atoms with Crippen molar-refractivity contribution in [3.63, 3.8) is 0 Å². The first kappa shape index (κ1) is 18.3. The second-order valence-corrected chi connectivity index (χ2v) is 7.05. The fourth-order valence-electron chi connectivity index (χ4n) is 2.59. The summed E-state index contributed by atoms with van der Waals surface area (Å²) in [6.07, 6.45) is 0.632. The highest BCUT2D eigenvalue weighted by atomic mass is 32.2. The Morgan fingerprint density at radius 2 is 1.83 bits per heavy atom. The van der Waals surface area contributed by atoms with Gasteiger partial charge in [0.05, 0.1) is 21.3 Å². The monoisotopic (exact) mass is 358 g/mol. The van der Waals surface area contributed by atoms with Crippen molar-refractivity contribution in [2.45, 2.75) is 23.8 Å². The average molecular weight is 358 g/mol. The molecular weight excluding hydrogens is 336 g/mol. The van der Waals surface area contributed by atoms with Crippen LogP contribution in [0.25, 0.3) is 0 Å². The Morgan fingerprint density at radius 3 is 2.38 bits per heavy atom. The van der Waals surface area contributed by atoms with Crippen LogP contribution in [-0.4, -0.2) is 59.9 Å². The molecule has 1 aromatic rings. The van der Waals surface area contributed by atoms with E-state index >= 15 is 0 Å². The predicted molar refractivity (Wildman–Crippen MR) is 86.9 cm³/mol. The van der Waals surface area contributed by atoms with Crippen LogP contribution >= 0.6 is 0 Å². The van der Waals surface area contributed by atoms with Gasteiger partial charge in [0.1, 0.15) is 16.4 Å². The van der Waals surface area contributed by atoms with Gasteiger partial charge in [-0.1, -0.05) is 0 Å². The molecule has 1 aliphatic rings. The zero-order chi connectivity index (χ0) is 17.7. The van der Waals surface area contributed by atoms with Gasteiger partial charge in [0.2, 0.25) is 10.0 Å². The smallest absolute Gasteiger partial charge is 0.409 e. The van der Waals surface area contributed by atoms with E-state index in [-0.39, 0.29) is 16.7 Å². The summed E-state index contributed by atoms with van der Waals surface area (Å²) in [6, 6.07) is 4.34. The molecule has 0 atom stereocenters. The molecule has 1 saturated heterocycles. The van der Waals surface area contributed by atoms with Gasteiger partial charge in [-0.2, -0.15) is 0 Å². The van der Waals surface area contributed by atoms with Crippen molar-refractivity contribution >= 4 is 16.1 Å². The van der Waals surface area contributed by atoms with E-state index in [9.17, 15) is 13.2 Å². The maximum Gasteiger partial charge on any atom is 0.409 e. The molecule has 1 amide bonds. The summed E-state index contributed by atoms with van der Waals surface area (Å²) < 4.78 is 42.9. The fraction of sp³-hybridized carbons (Fsp3) is 0.533. The third kappa shape index (κ3) is 4.09. The summed E-state index contributed by atoms with van der Waals surface area (Å²) in [5.41, 5.74) is 0. The number of hydrogen-bond donors (Lipinski definition) is 1. The van der Waals surface area contributed by atoms with Crippen LogP contribution in [0, 0.1) is 0 Å². The van der Waals surface area contributed by atoms with E-state index in [0.717, 1.165) is 0 Å². The second-order valence-electron chi connectivity index (χ2n) is 5.37. The first-order chi connectivity index (χ1) is 11.4. The normalized spacial score (nSPS) is 15.9. The summed E-state index contributed by atoms with van der Waals surface area (Å²) in [5, 5.41) is 0. The number of rotatable bonds is 5. The van der Waals surface area contributed by atoms with Crippen molar-refractivity contribution in [1.29, 1.82) is 0 Å². The number of carbonyl (C=O) groups is 1. The molecule has 0 saturated carbocycles. The Hall–Kier alpha value is -2.00. The number of sulfonamides is 1. The van der Waals surface area contributed by atoms with Crippen LogP contribution < -0.4 is 14.2 Å². The molecule has 1 aliphatic heterocycles.